The number of hydrogen-bond donors (Lipinski definition) is 2. The number of benzene rings is 1. The minimum absolute atomic E-state index is 0.00694. The number of allylic oxidation sites excluding steroid dienone is 1. The van der Waals surface area contributed by atoms with Crippen LogP contribution >= 0.6 is 12.6 Å². The van der Waals surface area contributed by atoms with Crippen LogP contribution in [0.3, 0.4) is 0 Å². The van der Waals surface area contributed by atoms with Crippen molar-refractivity contribution >= 4 is 24.0 Å². The number of aliphatic hydroxyl groups is 1. The lowest BCUT2D eigenvalue weighted by Crippen LogP contribution is -2.02. The summed E-state index contributed by atoms with van der Waals surface area (Å²) in [5.41, 5.74) is -0.626. The predicted octanol–water partition coefficient (Wildman–Crippen LogP) is 1.98. The van der Waals surface area contributed by atoms with E-state index in [1.807, 2.05) is 0 Å². The minimum Gasteiger partial charge on any atom is -0.392 e. The number of aliphatic hydroxyl groups excluding tert-OH is 1. The number of thiol groups is 1. The topological polar surface area (TPSA) is 107 Å². The predicted molar refractivity (Wildman–Crippen MR) is 67.5 cm³/mol. The first-order valence-corrected chi connectivity index (χ1v) is 5.37. The van der Waals surface area contributed by atoms with E-state index in [4.69, 9.17) is 5.11 Å². The van der Waals surface area contributed by atoms with E-state index >= 15 is 0 Å². The molecular weight excluding hydrogens is 260 g/mol. The maximum atomic E-state index is 10.9. The molecule has 0 spiro atoms. The van der Waals surface area contributed by atoms with Gasteiger partial charge >= 0.3 is 0 Å². The molecule has 96 valence electrons. The summed E-state index contributed by atoms with van der Waals surface area (Å²) in [5.74, 6) is 0. The van der Waals surface area contributed by atoms with Crippen LogP contribution in [0.2, 0.25) is 0 Å². The van der Waals surface area contributed by atoms with E-state index in [9.17, 15) is 20.2 Å². The molecule has 0 heterocycles. The Morgan fingerprint density at radius 3 is 2.06 bits per heavy atom. The highest BCUT2D eigenvalue weighted by molar-refractivity contribution is 7.83. The second-order valence-electron chi connectivity index (χ2n) is 3.37. The van der Waals surface area contributed by atoms with Crippen molar-refractivity contribution in [3.8, 4) is 0 Å². The summed E-state index contributed by atoms with van der Waals surface area (Å²) < 4.78 is 0. The molecule has 0 aliphatic carbocycles. The van der Waals surface area contributed by atoms with Gasteiger partial charge in [-0.1, -0.05) is 6.08 Å². The summed E-state index contributed by atoms with van der Waals surface area (Å²) in [6.45, 7) is -0.496. The molecule has 0 unspecified atom stereocenters. The van der Waals surface area contributed by atoms with Gasteiger partial charge in [0.2, 0.25) is 0 Å². The lowest BCUT2D eigenvalue weighted by Gasteiger charge is -2.04. The second kappa shape index (κ2) is 6.12. The minimum atomic E-state index is -0.701. The molecule has 7 nitrogen and oxygen atoms in total. The normalized spacial score (nSPS) is 10.8. The number of nitro benzene ring substituents is 2. The van der Waals surface area contributed by atoms with Crippen molar-refractivity contribution < 1.29 is 15.0 Å². The Morgan fingerprint density at radius 2 is 1.72 bits per heavy atom. The van der Waals surface area contributed by atoms with Gasteiger partial charge in [-0.25, -0.2) is 0 Å². The average molecular weight is 270 g/mol. The molecule has 0 saturated carbocycles. The van der Waals surface area contributed by atoms with E-state index in [1.54, 1.807) is 0 Å². The molecule has 18 heavy (non-hydrogen) atoms. The highest BCUT2D eigenvalue weighted by Gasteiger charge is 2.25. The Balaban J connectivity index is 3.49. The van der Waals surface area contributed by atoms with Crippen molar-refractivity contribution in [2.45, 2.75) is 13.0 Å². The molecule has 1 aromatic rings. The Labute approximate surface area is 107 Å². The maximum Gasteiger partial charge on any atom is 0.280 e. The molecule has 0 saturated heterocycles. The quantitative estimate of drug-likeness (QED) is 0.483. The van der Waals surface area contributed by atoms with E-state index in [0.717, 1.165) is 12.1 Å². The molecule has 0 aliphatic heterocycles. The molecule has 0 bridgehead atoms. The van der Waals surface area contributed by atoms with Gasteiger partial charge in [0, 0.05) is 18.6 Å². The first kappa shape index (κ1) is 14.1. The number of nitro groups is 2. The van der Waals surface area contributed by atoms with Crippen molar-refractivity contribution in [3.05, 3.63) is 55.0 Å². The highest BCUT2D eigenvalue weighted by atomic mass is 32.1. The van der Waals surface area contributed by atoms with Crippen LogP contribution in [0, 0.1) is 20.2 Å². The zero-order valence-electron chi connectivity index (χ0n) is 9.15. The largest absolute Gasteiger partial charge is 0.392 e. The van der Waals surface area contributed by atoms with Gasteiger partial charge in [0.05, 0.1) is 16.5 Å². The first-order chi connectivity index (χ1) is 8.51. The number of nitrogens with zero attached hydrogens (tertiary/aromatic N) is 2. The van der Waals surface area contributed by atoms with E-state index < -0.39 is 16.5 Å². The third-order valence-corrected chi connectivity index (χ3v) is 2.48. The van der Waals surface area contributed by atoms with E-state index in [0.29, 0.717) is 0 Å². The van der Waals surface area contributed by atoms with Crippen LogP contribution in [-0.4, -0.2) is 15.0 Å². The monoisotopic (exact) mass is 270 g/mol. The summed E-state index contributed by atoms with van der Waals surface area (Å²) in [6, 6.07) is 2.27. The van der Waals surface area contributed by atoms with Gasteiger partial charge in [-0.15, -0.1) is 0 Å². The Hall–Kier alpha value is -1.93. The van der Waals surface area contributed by atoms with Crippen molar-refractivity contribution in [1.29, 1.82) is 0 Å². The fourth-order valence-electron chi connectivity index (χ4n) is 1.50. The second-order valence-corrected chi connectivity index (χ2v) is 3.67. The van der Waals surface area contributed by atoms with Crippen molar-refractivity contribution in [3.63, 3.8) is 0 Å². The molecule has 8 heteroatoms. The SMILES string of the molecule is O=[N+]([O-])c1cc(CO)cc([N+](=O)[O-])c1CC=CS. The van der Waals surface area contributed by atoms with E-state index in [2.05, 4.69) is 12.6 Å². The Bertz CT molecular complexity index is 480. The molecule has 0 atom stereocenters. The summed E-state index contributed by atoms with van der Waals surface area (Å²) in [6.07, 6.45) is 1.50. The van der Waals surface area contributed by atoms with Crippen LogP contribution in [0.1, 0.15) is 11.1 Å². The van der Waals surface area contributed by atoms with Crippen molar-refractivity contribution in [2.24, 2.45) is 0 Å². The van der Waals surface area contributed by atoms with Gasteiger partial charge in [0.25, 0.3) is 11.4 Å². The lowest BCUT2D eigenvalue weighted by molar-refractivity contribution is -0.395. The molecule has 0 fully saturated rings. The van der Waals surface area contributed by atoms with Crippen LogP contribution in [-0.2, 0) is 13.0 Å². The Morgan fingerprint density at radius 1 is 1.22 bits per heavy atom. The van der Waals surface area contributed by atoms with Gasteiger partial charge in [-0.05, 0) is 11.0 Å². The van der Waals surface area contributed by atoms with Crippen LogP contribution in [0.5, 0.6) is 0 Å². The maximum absolute atomic E-state index is 10.9. The molecule has 0 amide bonds. The number of rotatable bonds is 5. The molecule has 0 aliphatic rings. The van der Waals surface area contributed by atoms with Gasteiger partial charge in [0.1, 0.15) is 5.56 Å². The summed E-state index contributed by atoms with van der Waals surface area (Å²) in [4.78, 5) is 20.4. The van der Waals surface area contributed by atoms with E-state index in [1.165, 1.54) is 11.5 Å². The van der Waals surface area contributed by atoms with Gasteiger partial charge in [-0.2, -0.15) is 12.6 Å². The van der Waals surface area contributed by atoms with Crippen molar-refractivity contribution in [1.82, 2.24) is 0 Å². The van der Waals surface area contributed by atoms with Crippen LogP contribution in [0.25, 0.3) is 0 Å². The Kier molecular flexibility index (Phi) is 4.81. The zero-order valence-corrected chi connectivity index (χ0v) is 10.0. The highest BCUT2D eigenvalue weighted by Crippen LogP contribution is 2.31. The lowest BCUT2D eigenvalue weighted by atomic mass is 10.0. The van der Waals surface area contributed by atoms with Gasteiger partial charge in [0.15, 0.2) is 0 Å². The van der Waals surface area contributed by atoms with Crippen LogP contribution in [0.15, 0.2) is 23.6 Å². The molecule has 0 aromatic heterocycles. The zero-order chi connectivity index (χ0) is 13.7. The number of hydrogen-bond acceptors (Lipinski definition) is 6. The summed E-state index contributed by atoms with van der Waals surface area (Å²) in [7, 11) is 0. The average Bonchev–Trinajstić information content (AvgIpc) is 2.34. The van der Waals surface area contributed by atoms with Crippen molar-refractivity contribution in [2.75, 3.05) is 0 Å². The first-order valence-electron chi connectivity index (χ1n) is 4.86. The summed E-state index contributed by atoms with van der Waals surface area (Å²) >= 11 is 3.80. The molecule has 1 aromatic carbocycles. The summed E-state index contributed by atoms with van der Waals surface area (Å²) in [5, 5.41) is 32.1. The molecule has 1 rings (SSSR count). The fraction of sp³-hybridized carbons (Fsp3) is 0.200. The molecule has 0 radical (unpaired) electrons. The molecule has 1 N–H and O–H groups in total. The van der Waals surface area contributed by atoms with Gasteiger partial charge in [-0.3, -0.25) is 20.2 Å². The van der Waals surface area contributed by atoms with Gasteiger partial charge < -0.3 is 5.11 Å². The third kappa shape index (κ3) is 3.05. The molecular formula is C10H10N2O5S. The van der Waals surface area contributed by atoms with Crippen LogP contribution in [0.4, 0.5) is 11.4 Å². The smallest absolute Gasteiger partial charge is 0.280 e. The third-order valence-electron chi connectivity index (χ3n) is 2.27. The fourth-order valence-corrected chi connectivity index (χ4v) is 1.60. The van der Waals surface area contributed by atoms with Crippen LogP contribution < -0.4 is 0 Å². The standard InChI is InChI=1S/C10H10N2O5S/c13-6-7-4-9(11(14)15)8(2-1-3-18)10(5-7)12(16)17/h1,3-5,13,18H,2,6H2. The van der Waals surface area contributed by atoms with E-state index in [-0.39, 0.29) is 28.9 Å².